The van der Waals surface area contributed by atoms with Crippen molar-refractivity contribution in [1.29, 1.82) is 0 Å². The smallest absolute Gasteiger partial charge is 0.330 e. The Kier molecular flexibility index (Phi) is 6.94. The number of para-hydroxylation sites is 1. The van der Waals surface area contributed by atoms with E-state index in [0.29, 0.717) is 35.3 Å². The lowest BCUT2D eigenvalue weighted by Crippen LogP contribution is -2.10. The SMILES string of the molecule is C=CC(=O)OCCOc1ccc(-c2ncnc(-c3ccccc3OCC)n2)c(O)c1. The Morgan fingerprint density at radius 1 is 1.07 bits per heavy atom. The van der Waals surface area contributed by atoms with Gasteiger partial charge in [0.25, 0.3) is 0 Å². The highest BCUT2D eigenvalue weighted by atomic mass is 16.6. The fourth-order valence-corrected chi connectivity index (χ4v) is 2.64. The summed E-state index contributed by atoms with van der Waals surface area (Å²) in [4.78, 5) is 23.9. The number of esters is 1. The first-order valence-corrected chi connectivity index (χ1v) is 9.29. The summed E-state index contributed by atoms with van der Waals surface area (Å²) in [6.07, 6.45) is 2.47. The Hall–Kier alpha value is -3.94. The van der Waals surface area contributed by atoms with Crippen LogP contribution in [0, 0.1) is 0 Å². The molecule has 0 bridgehead atoms. The molecule has 0 aliphatic carbocycles. The molecule has 0 fully saturated rings. The molecular formula is C22H21N3O5. The molecule has 8 nitrogen and oxygen atoms in total. The van der Waals surface area contributed by atoms with Crippen molar-refractivity contribution in [3.63, 3.8) is 0 Å². The molecule has 2 aromatic carbocycles. The van der Waals surface area contributed by atoms with E-state index < -0.39 is 5.97 Å². The number of benzene rings is 2. The number of hydrogen-bond donors (Lipinski definition) is 1. The van der Waals surface area contributed by atoms with Gasteiger partial charge in [0.05, 0.1) is 17.7 Å². The Bertz CT molecular complexity index is 1040. The number of aromatic nitrogens is 3. The lowest BCUT2D eigenvalue weighted by atomic mass is 10.1. The number of rotatable bonds is 9. The van der Waals surface area contributed by atoms with Crippen LogP contribution >= 0.6 is 0 Å². The number of hydrogen-bond acceptors (Lipinski definition) is 8. The third-order valence-corrected chi connectivity index (χ3v) is 3.97. The number of aromatic hydroxyl groups is 1. The molecule has 0 aliphatic heterocycles. The molecule has 3 rings (SSSR count). The summed E-state index contributed by atoms with van der Waals surface area (Å²) in [5.74, 6) is 1.27. The summed E-state index contributed by atoms with van der Waals surface area (Å²) in [5, 5.41) is 10.4. The molecule has 0 unspecified atom stereocenters. The fraction of sp³-hybridized carbons (Fsp3) is 0.182. The number of nitrogens with zero attached hydrogens (tertiary/aromatic N) is 3. The van der Waals surface area contributed by atoms with Gasteiger partial charge in [0, 0.05) is 12.1 Å². The van der Waals surface area contributed by atoms with Crippen molar-refractivity contribution in [2.75, 3.05) is 19.8 Å². The van der Waals surface area contributed by atoms with Crippen LogP contribution < -0.4 is 9.47 Å². The van der Waals surface area contributed by atoms with Gasteiger partial charge in [-0.2, -0.15) is 0 Å². The van der Waals surface area contributed by atoms with Gasteiger partial charge in [-0.3, -0.25) is 0 Å². The monoisotopic (exact) mass is 407 g/mol. The second-order valence-electron chi connectivity index (χ2n) is 5.96. The topological polar surface area (TPSA) is 104 Å². The molecule has 0 saturated carbocycles. The maximum absolute atomic E-state index is 11.0. The van der Waals surface area contributed by atoms with Crippen LogP contribution in [-0.4, -0.2) is 45.8 Å². The zero-order valence-corrected chi connectivity index (χ0v) is 16.4. The average molecular weight is 407 g/mol. The number of phenols is 1. The van der Waals surface area contributed by atoms with Crippen molar-refractivity contribution < 1.29 is 24.1 Å². The van der Waals surface area contributed by atoms with Crippen molar-refractivity contribution in [2.24, 2.45) is 0 Å². The second kappa shape index (κ2) is 10.0. The van der Waals surface area contributed by atoms with E-state index in [9.17, 15) is 9.90 Å². The summed E-state index contributed by atoms with van der Waals surface area (Å²) in [5.41, 5.74) is 1.16. The molecule has 0 spiro atoms. The van der Waals surface area contributed by atoms with E-state index in [1.165, 1.54) is 12.4 Å². The van der Waals surface area contributed by atoms with Gasteiger partial charge < -0.3 is 19.3 Å². The fourth-order valence-electron chi connectivity index (χ4n) is 2.64. The van der Waals surface area contributed by atoms with E-state index in [1.54, 1.807) is 12.1 Å². The lowest BCUT2D eigenvalue weighted by molar-refractivity contribution is -0.138. The highest BCUT2D eigenvalue weighted by Crippen LogP contribution is 2.32. The third kappa shape index (κ3) is 5.11. The predicted molar refractivity (Wildman–Crippen MR) is 110 cm³/mol. The Balaban J connectivity index is 1.78. The van der Waals surface area contributed by atoms with Crippen LogP contribution in [0.5, 0.6) is 17.2 Å². The van der Waals surface area contributed by atoms with Crippen molar-refractivity contribution in [3.05, 3.63) is 61.4 Å². The molecule has 0 radical (unpaired) electrons. The van der Waals surface area contributed by atoms with Gasteiger partial charge in [-0.05, 0) is 31.2 Å². The zero-order valence-electron chi connectivity index (χ0n) is 16.4. The molecule has 0 saturated heterocycles. The van der Waals surface area contributed by atoms with E-state index in [4.69, 9.17) is 14.2 Å². The highest BCUT2D eigenvalue weighted by molar-refractivity contribution is 5.81. The van der Waals surface area contributed by atoms with Crippen LogP contribution in [0.2, 0.25) is 0 Å². The van der Waals surface area contributed by atoms with Gasteiger partial charge in [-0.25, -0.2) is 19.7 Å². The van der Waals surface area contributed by atoms with Crippen LogP contribution in [0.1, 0.15) is 6.92 Å². The maximum Gasteiger partial charge on any atom is 0.330 e. The number of carbonyl (C=O) groups is 1. The van der Waals surface area contributed by atoms with Gasteiger partial charge in [-0.15, -0.1) is 0 Å². The molecule has 3 aromatic rings. The highest BCUT2D eigenvalue weighted by Gasteiger charge is 2.13. The van der Waals surface area contributed by atoms with Crippen LogP contribution in [0.4, 0.5) is 0 Å². The standard InChI is InChI=1S/C22H21N3O5/c1-3-20(27)30-12-11-29-15-9-10-16(18(26)13-15)21-23-14-24-22(25-21)17-7-5-6-8-19(17)28-4-2/h3,5-10,13-14,26H,1,4,11-12H2,2H3. The molecule has 1 heterocycles. The minimum Gasteiger partial charge on any atom is -0.507 e. The van der Waals surface area contributed by atoms with Gasteiger partial charge >= 0.3 is 5.97 Å². The Morgan fingerprint density at radius 2 is 1.83 bits per heavy atom. The molecule has 1 aromatic heterocycles. The summed E-state index contributed by atoms with van der Waals surface area (Å²) < 4.78 is 15.9. The third-order valence-electron chi connectivity index (χ3n) is 3.97. The largest absolute Gasteiger partial charge is 0.507 e. The van der Waals surface area contributed by atoms with Gasteiger partial charge in [0.1, 0.15) is 36.8 Å². The predicted octanol–water partition coefficient (Wildman–Crippen LogP) is 3.42. The molecule has 30 heavy (non-hydrogen) atoms. The Labute approximate surface area is 173 Å². The first kappa shape index (κ1) is 20.8. The lowest BCUT2D eigenvalue weighted by Gasteiger charge is -2.11. The van der Waals surface area contributed by atoms with E-state index in [0.717, 1.165) is 11.6 Å². The molecule has 0 atom stereocenters. The van der Waals surface area contributed by atoms with Gasteiger partial charge in [-0.1, -0.05) is 18.7 Å². The van der Waals surface area contributed by atoms with Crippen LogP contribution in [0.3, 0.4) is 0 Å². The van der Waals surface area contributed by atoms with E-state index in [-0.39, 0.29) is 19.0 Å². The van der Waals surface area contributed by atoms with Gasteiger partial charge in [0.15, 0.2) is 11.6 Å². The normalized spacial score (nSPS) is 10.3. The van der Waals surface area contributed by atoms with Crippen LogP contribution in [0.15, 0.2) is 61.4 Å². The minimum atomic E-state index is -0.520. The molecule has 154 valence electrons. The first-order valence-electron chi connectivity index (χ1n) is 9.29. The van der Waals surface area contributed by atoms with Crippen molar-refractivity contribution >= 4 is 5.97 Å². The quantitative estimate of drug-likeness (QED) is 0.327. The number of ether oxygens (including phenoxy) is 3. The molecule has 8 heteroatoms. The summed E-state index contributed by atoms with van der Waals surface area (Å²) in [7, 11) is 0. The van der Waals surface area contributed by atoms with Crippen LogP contribution in [-0.2, 0) is 9.53 Å². The van der Waals surface area contributed by atoms with E-state index >= 15 is 0 Å². The summed E-state index contributed by atoms with van der Waals surface area (Å²) >= 11 is 0. The molecule has 0 amide bonds. The van der Waals surface area contributed by atoms with Crippen LogP contribution in [0.25, 0.3) is 22.8 Å². The second-order valence-corrected chi connectivity index (χ2v) is 5.96. The first-order chi connectivity index (χ1) is 14.6. The molecular weight excluding hydrogens is 386 g/mol. The minimum absolute atomic E-state index is 0.0502. The number of phenolic OH excluding ortho intramolecular Hbond substituents is 1. The summed E-state index contributed by atoms with van der Waals surface area (Å²) in [6.45, 7) is 5.95. The maximum atomic E-state index is 11.0. The van der Waals surface area contributed by atoms with Gasteiger partial charge in [0.2, 0.25) is 0 Å². The molecule has 0 aliphatic rings. The van der Waals surface area contributed by atoms with Crippen molar-refractivity contribution in [2.45, 2.75) is 6.92 Å². The van der Waals surface area contributed by atoms with E-state index in [1.807, 2.05) is 31.2 Å². The Morgan fingerprint density at radius 3 is 2.57 bits per heavy atom. The van der Waals surface area contributed by atoms with Crippen molar-refractivity contribution in [3.8, 4) is 40.0 Å². The molecule has 1 N–H and O–H groups in total. The zero-order chi connectivity index (χ0) is 21.3. The number of carbonyl (C=O) groups excluding carboxylic acids is 1. The van der Waals surface area contributed by atoms with Crippen molar-refractivity contribution in [1.82, 2.24) is 15.0 Å². The summed E-state index contributed by atoms with van der Waals surface area (Å²) in [6, 6.07) is 12.2. The van der Waals surface area contributed by atoms with E-state index in [2.05, 4.69) is 21.5 Å². The average Bonchev–Trinajstić information content (AvgIpc) is 2.77.